The predicted molar refractivity (Wildman–Crippen MR) is 73.8 cm³/mol. The topological polar surface area (TPSA) is 38.0 Å². The van der Waals surface area contributed by atoms with Crippen molar-refractivity contribution in [1.82, 2.24) is 0 Å². The van der Waals surface area contributed by atoms with Gasteiger partial charge in [-0.2, -0.15) is 13.2 Å². The van der Waals surface area contributed by atoms with Crippen LogP contribution in [0.25, 0.3) is 0 Å². The number of thiocarbonyl (C=S) groups is 1. The first-order chi connectivity index (χ1) is 8.72. The molecule has 2 nitrogen and oxygen atoms in total. The summed E-state index contributed by atoms with van der Waals surface area (Å²) in [7, 11) is 0. The third-order valence-corrected chi connectivity index (χ3v) is 3.30. The Kier molecular flexibility index (Phi) is 5.54. The molecule has 0 heterocycles. The van der Waals surface area contributed by atoms with Crippen LogP contribution in [0.4, 0.5) is 23.2 Å². The molecule has 0 radical (unpaired) electrons. The minimum absolute atomic E-state index is 0.0231. The Balaban J connectivity index is 2.66. The van der Waals surface area contributed by atoms with Gasteiger partial charge in [0.05, 0.1) is 10.2 Å². The second-order valence-electron chi connectivity index (χ2n) is 3.80. The Labute approximate surface area is 121 Å². The highest BCUT2D eigenvalue weighted by Crippen LogP contribution is 2.27. The van der Waals surface area contributed by atoms with Gasteiger partial charge in [-0.15, -0.1) is 0 Å². The molecule has 0 unspecified atom stereocenters. The highest BCUT2D eigenvalue weighted by atomic mass is 79.9. The number of anilines is 1. The van der Waals surface area contributed by atoms with Crippen LogP contribution in [-0.4, -0.2) is 17.7 Å². The Morgan fingerprint density at radius 2 is 2.00 bits per heavy atom. The molecular weight excluding hydrogens is 348 g/mol. The lowest BCUT2D eigenvalue weighted by molar-refractivity contribution is -0.134. The van der Waals surface area contributed by atoms with E-state index in [1.807, 2.05) is 0 Å². The van der Waals surface area contributed by atoms with Gasteiger partial charge in [-0.25, -0.2) is 4.39 Å². The summed E-state index contributed by atoms with van der Waals surface area (Å²) in [6.07, 6.45) is -5.23. The SMILES string of the molecule is NC(=S)c1ccc(NCCCC(F)(F)F)c(F)c1Br. The Morgan fingerprint density at radius 1 is 1.37 bits per heavy atom. The molecule has 8 heteroatoms. The molecule has 19 heavy (non-hydrogen) atoms. The fourth-order valence-corrected chi connectivity index (χ4v) is 2.25. The monoisotopic (exact) mass is 358 g/mol. The maximum absolute atomic E-state index is 13.8. The smallest absolute Gasteiger partial charge is 0.389 e. The van der Waals surface area contributed by atoms with E-state index >= 15 is 0 Å². The molecule has 106 valence electrons. The summed E-state index contributed by atoms with van der Waals surface area (Å²) in [6, 6.07) is 2.89. The molecular formula is C11H11BrF4N2S. The van der Waals surface area contributed by atoms with E-state index in [2.05, 4.69) is 21.2 Å². The average molecular weight is 359 g/mol. The summed E-state index contributed by atoms with van der Waals surface area (Å²) < 4.78 is 49.7. The summed E-state index contributed by atoms with van der Waals surface area (Å²) in [5.41, 5.74) is 5.84. The van der Waals surface area contributed by atoms with Crippen molar-refractivity contribution in [2.75, 3.05) is 11.9 Å². The molecule has 0 bridgehead atoms. The summed E-state index contributed by atoms with van der Waals surface area (Å²) in [6.45, 7) is 0.0231. The lowest BCUT2D eigenvalue weighted by Gasteiger charge is -2.11. The average Bonchev–Trinajstić information content (AvgIpc) is 2.28. The first kappa shape index (κ1) is 16.2. The van der Waals surface area contributed by atoms with Crippen molar-refractivity contribution in [3.63, 3.8) is 0 Å². The normalized spacial score (nSPS) is 11.4. The third-order valence-electron chi connectivity index (χ3n) is 2.30. The molecule has 0 spiro atoms. The largest absolute Gasteiger partial charge is 0.389 e. The van der Waals surface area contributed by atoms with E-state index in [4.69, 9.17) is 18.0 Å². The van der Waals surface area contributed by atoms with Gasteiger partial charge in [0.15, 0.2) is 5.82 Å². The van der Waals surface area contributed by atoms with Crippen LogP contribution in [-0.2, 0) is 0 Å². The van der Waals surface area contributed by atoms with Crippen molar-refractivity contribution >= 4 is 38.8 Å². The van der Waals surface area contributed by atoms with Crippen molar-refractivity contribution in [1.29, 1.82) is 0 Å². The van der Waals surface area contributed by atoms with E-state index in [1.54, 1.807) is 0 Å². The molecule has 0 saturated heterocycles. The standard InChI is InChI=1S/C11H11BrF4N2S/c12-8-6(10(17)19)2-3-7(9(8)13)18-5-1-4-11(14,15)16/h2-3,18H,1,4-5H2,(H2,17,19). The molecule has 0 aliphatic heterocycles. The van der Waals surface area contributed by atoms with Crippen molar-refractivity contribution in [3.05, 3.63) is 28.0 Å². The van der Waals surface area contributed by atoms with E-state index in [-0.39, 0.29) is 28.1 Å². The van der Waals surface area contributed by atoms with Gasteiger partial charge in [-0.1, -0.05) is 12.2 Å². The second-order valence-corrected chi connectivity index (χ2v) is 5.03. The predicted octanol–water partition coefficient (Wildman–Crippen LogP) is 3.98. The van der Waals surface area contributed by atoms with Gasteiger partial charge >= 0.3 is 6.18 Å². The van der Waals surface area contributed by atoms with E-state index in [0.717, 1.165) is 0 Å². The molecule has 0 aromatic heterocycles. The lowest BCUT2D eigenvalue weighted by atomic mass is 10.2. The Bertz CT molecular complexity index is 476. The first-order valence-electron chi connectivity index (χ1n) is 5.31. The minimum Gasteiger partial charge on any atom is -0.389 e. The van der Waals surface area contributed by atoms with E-state index < -0.39 is 18.4 Å². The maximum Gasteiger partial charge on any atom is 0.389 e. The molecule has 1 rings (SSSR count). The van der Waals surface area contributed by atoms with Crippen LogP contribution in [0, 0.1) is 5.82 Å². The lowest BCUT2D eigenvalue weighted by Crippen LogP contribution is -2.13. The summed E-state index contributed by atoms with van der Waals surface area (Å²) >= 11 is 7.75. The van der Waals surface area contributed by atoms with Crippen LogP contribution in [0.3, 0.4) is 0 Å². The van der Waals surface area contributed by atoms with Crippen LogP contribution in [0.2, 0.25) is 0 Å². The maximum atomic E-state index is 13.8. The molecule has 0 amide bonds. The first-order valence-corrected chi connectivity index (χ1v) is 6.51. The molecule has 0 fully saturated rings. The molecule has 0 aliphatic carbocycles. The summed E-state index contributed by atoms with van der Waals surface area (Å²) in [5, 5.41) is 2.60. The van der Waals surface area contributed by atoms with Crippen LogP contribution < -0.4 is 11.1 Å². The van der Waals surface area contributed by atoms with Gasteiger partial charge in [0.2, 0.25) is 0 Å². The fourth-order valence-electron chi connectivity index (χ4n) is 1.39. The van der Waals surface area contributed by atoms with E-state index in [0.29, 0.717) is 5.56 Å². The molecule has 0 aliphatic rings. The highest BCUT2D eigenvalue weighted by molar-refractivity contribution is 9.10. The van der Waals surface area contributed by atoms with Crippen LogP contribution >= 0.6 is 28.1 Å². The van der Waals surface area contributed by atoms with E-state index in [1.165, 1.54) is 12.1 Å². The van der Waals surface area contributed by atoms with Crippen LogP contribution in [0.5, 0.6) is 0 Å². The third kappa shape index (κ3) is 4.94. The van der Waals surface area contributed by atoms with Gasteiger partial charge in [0.1, 0.15) is 4.99 Å². The highest BCUT2D eigenvalue weighted by Gasteiger charge is 2.25. The van der Waals surface area contributed by atoms with Gasteiger partial charge in [-0.3, -0.25) is 0 Å². The quantitative estimate of drug-likeness (QED) is 0.475. The van der Waals surface area contributed by atoms with Crippen LogP contribution in [0.1, 0.15) is 18.4 Å². The zero-order valence-electron chi connectivity index (χ0n) is 9.65. The minimum atomic E-state index is -4.20. The van der Waals surface area contributed by atoms with Gasteiger partial charge in [-0.05, 0) is 34.5 Å². The van der Waals surface area contributed by atoms with Gasteiger partial charge in [0, 0.05) is 18.5 Å². The molecule has 0 atom stereocenters. The fraction of sp³-hybridized carbons (Fsp3) is 0.364. The van der Waals surface area contributed by atoms with Gasteiger partial charge in [0.25, 0.3) is 0 Å². The summed E-state index contributed by atoms with van der Waals surface area (Å²) in [5.74, 6) is -0.627. The number of halogens is 5. The Morgan fingerprint density at radius 3 is 2.53 bits per heavy atom. The molecule has 1 aromatic carbocycles. The zero-order chi connectivity index (χ0) is 14.6. The Hall–Kier alpha value is -0.890. The van der Waals surface area contributed by atoms with Crippen molar-refractivity contribution in [2.24, 2.45) is 5.73 Å². The van der Waals surface area contributed by atoms with Crippen molar-refractivity contribution < 1.29 is 17.6 Å². The van der Waals surface area contributed by atoms with E-state index in [9.17, 15) is 17.6 Å². The number of hydrogen-bond acceptors (Lipinski definition) is 2. The van der Waals surface area contributed by atoms with Crippen LogP contribution in [0.15, 0.2) is 16.6 Å². The second kappa shape index (κ2) is 6.51. The van der Waals surface area contributed by atoms with Gasteiger partial charge < -0.3 is 11.1 Å². The molecule has 0 saturated carbocycles. The zero-order valence-corrected chi connectivity index (χ0v) is 12.1. The molecule has 3 N–H and O–H groups in total. The number of nitrogens with one attached hydrogen (secondary N) is 1. The van der Waals surface area contributed by atoms with Crippen molar-refractivity contribution in [2.45, 2.75) is 19.0 Å². The molecule has 1 aromatic rings. The van der Waals surface area contributed by atoms with Crippen molar-refractivity contribution in [3.8, 4) is 0 Å². The number of rotatable bonds is 5. The number of hydrogen-bond donors (Lipinski definition) is 2. The number of nitrogens with two attached hydrogens (primary N) is 1. The number of alkyl halides is 3. The number of benzene rings is 1. The summed E-state index contributed by atoms with van der Waals surface area (Å²) in [4.78, 5) is 0.0365.